The molecule has 0 aliphatic carbocycles. The molecule has 27 heavy (non-hydrogen) atoms. The van der Waals surface area contributed by atoms with Crippen LogP contribution in [0.5, 0.6) is 0 Å². The highest BCUT2D eigenvalue weighted by Crippen LogP contribution is 2.20. The van der Waals surface area contributed by atoms with Gasteiger partial charge in [0, 0.05) is 12.4 Å². The summed E-state index contributed by atoms with van der Waals surface area (Å²) < 4.78 is 7.94. The topological polar surface area (TPSA) is 78.5 Å². The Hall–Kier alpha value is -3.48. The van der Waals surface area contributed by atoms with Crippen molar-refractivity contribution in [3.8, 4) is 5.69 Å². The lowest BCUT2D eigenvalue weighted by Crippen LogP contribution is -2.19. The Kier molecular flexibility index (Phi) is 3.80. The highest BCUT2D eigenvalue weighted by Gasteiger charge is 2.21. The normalized spacial score (nSPS) is 11.3. The minimum Gasteiger partial charge on any atom is -0.465 e. The molecule has 0 saturated carbocycles. The van der Waals surface area contributed by atoms with Crippen molar-refractivity contribution in [1.82, 2.24) is 19.2 Å². The standard InChI is InChI=1S/C20H18N4O3/c1-11-5-6-15(12(2)9-11)23-8-7-16-14(19(23)25)10-21-18-17(20(26)27-4)13(3)22-24(16)18/h5-10H,1-4H3. The van der Waals surface area contributed by atoms with Crippen LogP contribution >= 0.6 is 0 Å². The molecule has 3 heterocycles. The van der Waals surface area contributed by atoms with Crippen LogP contribution in [0.3, 0.4) is 0 Å². The summed E-state index contributed by atoms with van der Waals surface area (Å²) in [5, 5.41) is 4.81. The molecular formula is C20H18N4O3. The summed E-state index contributed by atoms with van der Waals surface area (Å²) in [6, 6.07) is 7.74. The molecular weight excluding hydrogens is 344 g/mol. The molecule has 0 saturated heterocycles. The average Bonchev–Trinajstić information content (AvgIpc) is 2.98. The number of methoxy groups -OCH3 is 1. The Bertz CT molecular complexity index is 1280. The van der Waals surface area contributed by atoms with E-state index < -0.39 is 5.97 Å². The summed E-state index contributed by atoms with van der Waals surface area (Å²) >= 11 is 0. The minimum atomic E-state index is -0.502. The highest BCUT2D eigenvalue weighted by molar-refractivity contribution is 5.98. The van der Waals surface area contributed by atoms with Gasteiger partial charge in [0.05, 0.1) is 29.4 Å². The first-order valence-corrected chi connectivity index (χ1v) is 8.48. The second kappa shape index (κ2) is 6.05. The molecule has 4 aromatic rings. The van der Waals surface area contributed by atoms with Crippen molar-refractivity contribution in [1.29, 1.82) is 0 Å². The van der Waals surface area contributed by atoms with Crippen molar-refractivity contribution in [2.24, 2.45) is 0 Å². The lowest BCUT2D eigenvalue weighted by atomic mass is 10.1. The molecule has 7 nitrogen and oxygen atoms in total. The number of carbonyl (C=O) groups excluding carboxylic acids is 1. The summed E-state index contributed by atoms with van der Waals surface area (Å²) in [7, 11) is 1.31. The van der Waals surface area contributed by atoms with Gasteiger partial charge in [0.25, 0.3) is 5.56 Å². The van der Waals surface area contributed by atoms with Crippen molar-refractivity contribution in [2.45, 2.75) is 20.8 Å². The molecule has 136 valence electrons. The number of benzene rings is 1. The Labute approximate surface area is 154 Å². The van der Waals surface area contributed by atoms with Crippen molar-refractivity contribution in [2.75, 3.05) is 7.11 Å². The van der Waals surface area contributed by atoms with Gasteiger partial charge in [-0.05, 0) is 38.5 Å². The van der Waals surface area contributed by atoms with Crippen LogP contribution in [0.4, 0.5) is 0 Å². The number of hydrogen-bond donors (Lipinski definition) is 0. The molecule has 0 bridgehead atoms. The van der Waals surface area contributed by atoms with Crippen molar-refractivity contribution in [3.05, 3.63) is 69.4 Å². The quantitative estimate of drug-likeness (QED) is 0.512. The zero-order valence-electron chi connectivity index (χ0n) is 15.5. The fourth-order valence-corrected chi connectivity index (χ4v) is 3.38. The first-order chi connectivity index (χ1) is 12.9. The van der Waals surface area contributed by atoms with Crippen LogP contribution in [0, 0.1) is 20.8 Å². The Morgan fingerprint density at radius 1 is 1.15 bits per heavy atom. The second-order valence-corrected chi connectivity index (χ2v) is 6.53. The lowest BCUT2D eigenvalue weighted by molar-refractivity contribution is 0.0602. The monoisotopic (exact) mass is 362 g/mol. The van der Waals surface area contributed by atoms with E-state index in [1.807, 2.05) is 32.0 Å². The van der Waals surface area contributed by atoms with Gasteiger partial charge in [-0.2, -0.15) is 5.10 Å². The maximum absolute atomic E-state index is 13.1. The molecule has 7 heteroatoms. The van der Waals surface area contributed by atoms with E-state index in [1.54, 1.807) is 23.8 Å². The summed E-state index contributed by atoms with van der Waals surface area (Å²) in [4.78, 5) is 29.4. The molecule has 0 N–H and O–H groups in total. The van der Waals surface area contributed by atoms with Gasteiger partial charge >= 0.3 is 5.97 Å². The zero-order valence-corrected chi connectivity index (χ0v) is 15.5. The molecule has 3 aromatic heterocycles. The fraction of sp³-hybridized carbons (Fsp3) is 0.200. The van der Waals surface area contributed by atoms with Crippen LogP contribution in [0.1, 0.15) is 27.2 Å². The number of ether oxygens (including phenoxy) is 1. The first-order valence-electron chi connectivity index (χ1n) is 8.48. The molecule has 0 fully saturated rings. The van der Waals surface area contributed by atoms with E-state index in [0.29, 0.717) is 27.8 Å². The van der Waals surface area contributed by atoms with Crippen LogP contribution in [0.15, 0.2) is 41.5 Å². The second-order valence-electron chi connectivity index (χ2n) is 6.53. The summed E-state index contributed by atoms with van der Waals surface area (Å²) in [5.41, 5.74) is 4.53. The molecule has 0 amide bonds. The number of nitrogens with zero attached hydrogens (tertiary/aromatic N) is 4. The van der Waals surface area contributed by atoms with E-state index in [2.05, 4.69) is 10.1 Å². The predicted molar refractivity (Wildman–Crippen MR) is 102 cm³/mol. The minimum absolute atomic E-state index is 0.193. The van der Waals surface area contributed by atoms with E-state index in [4.69, 9.17) is 4.74 Å². The molecule has 1 aromatic carbocycles. The van der Waals surface area contributed by atoms with Crippen LogP contribution < -0.4 is 5.56 Å². The van der Waals surface area contributed by atoms with Gasteiger partial charge in [0.1, 0.15) is 5.56 Å². The molecule has 0 unspecified atom stereocenters. The molecule has 0 spiro atoms. The molecule has 0 atom stereocenters. The number of aromatic nitrogens is 4. The number of rotatable bonds is 2. The Morgan fingerprint density at radius 2 is 1.93 bits per heavy atom. The average molecular weight is 362 g/mol. The van der Waals surface area contributed by atoms with Gasteiger partial charge in [-0.1, -0.05) is 17.7 Å². The van der Waals surface area contributed by atoms with E-state index in [9.17, 15) is 9.59 Å². The van der Waals surface area contributed by atoms with Gasteiger partial charge in [0.15, 0.2) is 5.65 Å². The van der Waals surface area contributed by atoms with Crippen LogP contribution in [0.25, 0.3) is 22.2 Å². The fourth-order valence-electron chi connectivity index (χ4n) is 3.38. The van der Waals surface area contributed by atoms with Crippen molar-refractivity contribution >= 4 is 22.5 Å². The van der Waals surface area contributed by atoms with E-state index >= 15 is 0 Å². The zero-order chi connectivity index (χ0) is 19.3. The summed E-state index contributed by atoms with van der Waals surface area (Å²) in [6.07, 6.45) is 3.21. The number of carbonyl (C=O) groups is 1. The van der Waals surface area contributed by atoms with E-state index in [1.165, 1.54) is 17.8 Å². The summed E-state index contributed by atoms with van der Waals surface area (Å²) in [5.74, 6) is -0.502. The van der Waals surface area contributed by atoms with E-state index in [0.717, 1.165) is 16.8 Å². The third-order valence-electron chi connectivity index (χ3n) is 4.69. The number of fused-ring (bicyclic) bond motifs is 3. The number of aryl methyl sites for hydroxylation is 3. The maximum Gasteiger partial charge on any atom is 0.343 e. The largest absolute Gasteiger partial charge is 0.465 e. The SMILES string of the molecule is COC(=O)c1c(C)nn2c1ncc1c(=O)n(-c3ccc(C)cc3C)ccc12. The first kappa shape index (κ1) is 17.0. The van der Waals surface area contributed by atoms with Gasteiger partial charge in [-0.3, -0.25) is 9.36 Å². The Morgan fingerprint density at radius 3 is 2.63 bits per heavy atom. The Balaban J connectivity index is 2.01. The number of esters is 1. The third-order valence-corrected chi connectivity index (χ3v) is 4.69. The third kappa shape index (κ3) is 2.51. The van der Waals surface area contributed by atoms with Gasteiger partial charge < -0.3 is 4.74 Å². The molecule has 4 rings (SSSR count). The van der Waals surface area contributed by atoms with Gasteiger partial charge in [0.2, 0.25) is 0 Å². The summed E-state index contributed by atoms with van der Waals surface area (Å²) in [6.45, 7) is 5.70. The van der Waals surface area contributed by atoms with Gasteiger partial charge in [-0.15, -0.1) is 0 Å². The van der Waals surface area contributed by atoms with Crippen molar-refractivity contribution < 1.29 is 9.53 Å². The molecule has 0 aliphatic rings. The predicted octanol–water partition coefficient (Wildman–Crippen LogP) is 2.75. The van der Waals surface area contributed by atoms with Crippen LogP contribution in [-0.4, -0.2) is 32.2 Å². The smallest absolute Gasteiger partial charge is 0.343 e. The molecule has 0 aliphatic heterocycles. The van der Waals surface area contributed by atoms with Crippen molar-refractivity contribution in [3.63, 3.8) is 0 Å². The van der Waals surface area contributed by atoms with E-state index in [-0.39, 0.29) is 5.56 Å². The molecule has 0 radical (unpaired) electrons. The van der Waals surface area contributed by atoms with Crippen LogP contribution in [0.2, 0.25) is 0 Å². The number of hydrogen-bond acceptors (Lipinski definition) is 5. The lowest BCUT2D eigenvalue weighted by Gasteiger charge is -2.11. The van der Waals surface area contributed by atoms with Crippen LogP contribution in [-0.2, 0) is 4.74 Å². The maximum atomic E-state index is 13.1. The van der Waals surface area contributed by atoms with Gasteiger partial charge in [-0.25, -0.2) is 14.3 Å². The number of pyridine rings is 1. The highest BCUT2D eigenvalue weighted by atomic mass is 16.5.